The number of piperidine rings is 1. The highest BCUT2D eigenvalue weighted by Gasteiger charge is 2.36. The van der Waals surface area contributed by atoms with E-state index in [-0.39, 0.29) is 18.1 Å². The number of halogens is 4. The zero-order valence-electron chi connectivity index (χ0n) is 18.6. The molecule has 1 aliphatic rings. The first-order valence-corrected chi connectivity index (χ1v) is 12.5. The summed E-state index contributed by atoms with van der Waals surface area (Å²) < 4.78 is 78.4. The minimum Gasteiger partial charge on any atom is -0.356 e. The molecule has 2 heterocycles. The first-order chi connectivity index (χ1) is 15.8. The van der Waals surface area contributed by atoms with Gasteiger partial charge >= 0.3 is 6.18 Å². The van der Waals surface area contributed by atoms with E-state index < -0.39 is 39.7 Å². The van der Waals surface area contributed by atoms with Gasteiger partial charge in [0.05, 0.1) is 17.9 Å². The Morgan fingerprint density at radius 2 is 1.88 bits per heavy atom. The van der Waals surface area contributed by atoms with Crippen LogP contribution in [0.3, 0.4) is 0 Å². The van der Waals surface area contributed by atoms with Crippen LogP contribution in [0.1, 0.15) is 49.1 Å². The molecule has 0 aliphatic carbocycles. The van der Waals surface area contributed by atoms with Gasteiger partial charge in [0.25, 0.3) is 0 Å². The maximum absolute atomic E-state index is 14.3. The highest BCUT2D eigenvalue weighted by molar-refractivity contribution is 7.92. The van der Waals surface area contributed by atoms with E-state index in [4.69, 9.17) is 0 Å². The summed E-state index contributed by atoms with van der Waals surface area (Å²) in [6.07, 6.45) is -0.112. The van der Waals surface area contributed by atoms with Gasteiger partial charge in [-0.3, -0.25) is 9.52 Å². The maximum atomic E-state index is 14.3. The molecule has 13 heteroatoms. The van der Waals surface area contributed by atoms with E-state index in [0.717, 1.165) is 37.8 Å². The van der Waals surface area contributed by atoms with Crippen LogP contribution in [0.5, 0.6) is 0 Å². The third-order valence-electron chi connectivity index (χ3n) is 5.39. The van der Waals surface area contributed by atoms with Crippen molar-refractivity contribution in [3.63, 3.8) is 0 Å². The van der Waals surface area contributed by atoms with E-state index in [2.05, 4.69) is 15.3 Å². The van der Waals surface area contributed by atoms with Crippen molar-refractivity contribution in [2.24, 2.45) is 0 Å². The molecule has 1 aromatic heterocycles. The molecule has 8 nitrogen and oxygen atoms in total. The molecule has 1 aromatic carbocycles. The van der Waals surface area contributed by atoms with E-state index in [0.29, 0.717) is 24.2 Å². The van der Waals surface area contributed by atoms with Crippen molar-refractivity contribution >= 4 is 27.4 Å². The summed E-state index contributed by atoms with van der Waals surface area (Å²) in [6, 6.07) is 3.69. The van der Waals surface area contributed by atoms with Crippen molar-refractivity contribution < 1.29 is 30.8 Å². The predicted molar refractivity (Wildman–Crippen MR) is 118 cm³/mol. The molecule has 186 valence electrons. The second-order valence-electron chi connectivity index (χ2n) is 8.14. The molecule has 1 fully saturated rings. The number of sulfonamides is 1. The van der Waals surface area contributed by atoms with Gasteiger partial charge in [0, 0.05) is 31.4 Å². The van der Waals surface area contributed by atoms with Crippen LogP contribution in [0.25, 0.3) is 0 Å². The zero-order chi connectivity index (χ0) is 25.1. The van der Waals surface area contributed by atoms with E-state index >= 15 is 0 Å². The number of carbonyl (C=O) groups is 1. The Hall–Kier alpha value is -2.96. The molecule has 0 radical (unpaired) electrons. The van der Waals surface area contributed by atoms with Crippen LogP contribution in [-0.4, -0.2) is 43.6 Å². The smallest absolute Gasteiger partial charge is 0.356 e. The lowest BCUT2D eigenvalue weighted by atomic mass is 9.99. The number of carbonyl (C=O) groups excluding carboxylic acids is 1. The van der Waals surface area contributed by atoms with Crippen molar-refractivity contribution in [3.05, 3.63) is 47.2 Å². The standard InChI is InChI=1S/C21H25F4N5O3S/c1-13(14-6-7-17(16(22)10-14)29-34(2,32)33)19(31)26-11-15-12-27-20(21(23,24)25)28-18(15)30-8-4-3-5-9-30/h6-7,10,12-13,29H,3-5,8-9,11H2,1-2H3,(H,26,31). The van der Waals surface area contributed by atoms with Gasteiger partial charge in [-0.2, -0.15) is 13.2 Å². The summed E-state index contributed by atoms with van der Waals surface area (Å²) in [4.78, 5) is 21.6. The van der Waals surface area contributed by atoms with Crippen molar-refractivity contribution in [3.8, 4) is 0 Å². The van der Waals surface area contributed by atoms with Crippen molar-refractivity contribution in [2.75, 3.05) is 29.0 Å². The molecule has 1 amide bonds. The fraction of sp³-hybridized carbons (Fsp3) is 0.476. The van der Waals surface area contributed by atoms with Crippen molar-refractivity contribution in [2.45, 2.75) is 44.8 Å². The monoisotopic (exact) mass is 503 g/mol. The van der Waals surface area contributed by atoms with E-state index in [1.165, 1.54) is 19.1 Å². The molecule has 34 heavy (non-hydrogen) atoms. The summed E-state index contributed by atoms with van der Waals surface area (Å²) >= 11 is 0. The van der Waals surface area contributed by atoms with Gasteiger partial charge in [-0.25, -0.2) is 22.8 Å². The molecule has 0 bridgehead atoms. The topological polar surface area (TPSA) is 104 Å². The molecule has 1 saturated heterocycles. The molecular weight excluding hydrogens is 478 g/mol. The van der Waals surface area contributed by atoms with Crippen LogP contribution in [0.4, 0.5) is 29.1 Å². The van der Waals surface area contributed by atoms with Crippen LogP contribution >= 0.6 is 0 Å². The van der Waals surface area contributed by atoms with Crippen LogP contribution in [0.2, 0.25) is 0 Å². The van der Waals surface area contributed by atoms with E-state index in [9.17, 15) is 30.8 Å². The predicted octanol–water partition coefficient (Wildman–Crippen LogP) is 3.42. The average Bonchev–Trinajstić information content (AvgIpc) is 2.77. The fourth-order valence-electron chi connectivity index (χ4n) is 3.61. The summed E-state index contributed by atoms with van der Waals surface area (Å²) in [5, 5.41) is 2.65. The molecule has 2 N–H and O–H groups in total. The normalized spacial score (nSPS) is 15.6. The second-order valence-corrected chi connectivity index (χ2v) is 9.89. The number of anilines is 2. The number of amides is 1. The van der Waals surface area contributed by atoms with Gasteiger partial charge in [-0.1, -0.05) is 6.07 Å². The SMILES string of the molecule is CC(C(=O)NCc1cnc(C(F)(F)F)nc1N1CCCCC1)c1ccc(NS(C)(=O)=O)c(F)c1. The zero-order valence-corrected chi connectivity index (χ0v) is 19.4. The number of benzene rings is 1. The van der Waals surface area contributed by atoms with Crippen LogP contribution in [0.15, 0.2) is 24.4 Å². The minimum atomic E-state index is -4.69. The summed E-state index contributed by atoms with van der Waals surface area (Å²) in [5.74, 6) is -3.25. The lowest BCUT2D eigenvalue weighted by molar-refractivity contribution is -0.145. The Bertz CT molecular complexity index is 1150. The largest absolute Gasteiger partial charge is 0.451 e. The van der Waals surface area contributed by atoms with E-state index in [1.54, 1.807) is 4.90 Å². The molecule has 3 rings (SSSR count). The second kappa shape index (κ2) is 10.1. The first kappa shape index (κ1) is 25.7. The van der Waals surface area contributed by atoms with Crippen molar-refractivity contribution in [1.82, 2.24) is 15.3 Å². The molecule has 1 aliphatic heterocycles. The number of aromatic nitrogens is 2. The van der Waals surface area contributed by atoms with Crippen LogP contribution in [0, 0.1) is 5.82 Å². The number of hydrogen-bond donors (Lipinski definition) is 2. The lowest BCUT2D eigenvalue weighted by Gasteiger charge is -2.29. The van der Waals surface area contributed by atoms with Crippen LogP contribution in [-0.2, 0) is 27.5 Å². The Balaban J connectivity index is 1.75. The quantitative estimate of drug-likeness (QED) is 0.562. The van der Waals surface area contributed by atoms with Gasteiger partial charge in [0.2, 0.25) is 21.8 Å². The van der Waals surface area contributed by atoms with Gasteiger partial charge < -0.3 is 10.2 Å². The summed E-state index contributed by atoms with van der Waals surface area (Å²) in [6.45, 7) is 2.53. The summed E-state index contributed by atoms with van der Waals surface area (Å²) in [5.41, 5.74) is 0.398. The maximum Gasteiger partial charge on any atom is 0.451 e. The number of nitrogens with zero attached hydrogens (tertiary/aromatic N) is 3. The number of hydrogen-bond acceptors (Lipinski definition) is 6. The Labute approximate surface area is 194 Å². The highest BCUT2D eigenvalue weighted by atomic mass is 32.2. The van der Waals surface area contributed by atoms with Crippen LogP contribution < -0.4 is 14.9 Å². The molecule has 1 atom stereocenters. The molecule has 1 unspecified atom stereocenters. The Kier molecular flexibility index (Phi) is 7.64. The lowest BCUT2D eigenvalue weighted by Crippen LogP contribution is -2.34. The summed E-state index contributed by atoms with van der Waals surface area (Å²) in [7, 11) is -3.67. The van der Waals surface area contributed by atoms with Gasteiger partial charge in [-0.05, 0) is 43.9 Å². The molecule has 0 spiro atoms. The average molecular weight is 504 g/mol. The molecular formula is C21H25F4N5O3S. The van der Waals surface area contributed by atoms with E-state index in [1.807, 2.05) is 4.72 Å². The molecule has 2 aromatic rings. The van der Waals surface area contributed by atoms with Crippen molar-refractivity contribution in [1.29, 1.82) is 0 Å². The number of nitrogens with one attached hydrogen (secondary N) is 2. The number of alkyl halides is 3. The fourth-order valence-corrected chi connectivity index (χ4v) is 4.17. The Morgan fingerprint density at radius 1 is 1.21 bits per heavy atom. The van der Waals surface area contributed by atoms with Gasteiger partial charge in [-0.15, -0.1) is 0 Å². The minimum absolute atomic E-state index is 0.108. The molecule has 0 saturated carbocycles. The first-order valence-electron chi connectivity index (χ1n) is 10.6. The van der Waals surface area contributed by atoms with Gasteiger partial charge in [0.15, 0.2) is 0 Å². The third-order valence-corrected chi connectivity index (χ3v) is 5.98. The van der Waals surface area contributed by atoms with Gasteiger partial charge in [0.1, 0.15) is 11.6 Å². The third kappa shape index (κ3) is 6.55. The Morgan fingerprint density at radius 3 is 2.47 bits per heavy atom. The highest BCUT2D eigenvalue weighted by Crippen LogP contribution is 2.30. The number of rotatable bonds is 7.